The highest BCUT2D eigenvalue weighted by molar-refractivity contribution is 7.92. The third-order valence-electron chi connectivity index (χ3n) is 5.29. The van der Waals surface area contributed by atoms with Crippen LogP contribution in [0.1, 0.15) is 22.3 Å². The molecule has 1 aliphatic heterocycles. The van der Waals surface area contributed by atoms with Gasteiger partial charge >= 0.3 is 0 Å². The third kappa shape index (κ3) is 7.18. The number of ether oxygens (including phenoxy) is 1. The predicted octanol–water partition coefficient (Wildman–Crippen LogP) is 2.33. The lowest BCUT2D eigenvalue weighted by atomic mass is 10.1. The summed E-state index contributed by atoms with van der Waals surface area (Å²) in [6, 6.07) is 13.8. The molecule has 1 saturated heterocycles. The zero-order valence-corrected chi connectivity index (χ0v) is 20.1. The van der Waals surface area contributed by atoms with Gasteiger partial charge in [0, 0.05) is 30.2 Å². The first-order valence-electron chi connectivity index (χ1n) is 10.7. The van der Waals surface area contributed by atoms with Crippen molar-refractivity contribution in [1.82, 2.24) is 10.2 Å². The molecular formula is C23H28ClN3O5S. The molecular weight excluding hydrogens is 466 g/mol. The molecule has 0 unspecified atom stereocenters. The van der Waals surface area contributed by atoms with E-state index >= 15 is 0 Å². The highest BCUT2D eigenvalue weighted by Gasteiger charge is 2.22. The van der Waals surface area contributed by atoms with Crippen molar-refractivity contribution in [2.75, 3.05) is 50.0 Å². The van der Waals surface area contributed by atoms with Crippen molar-refractivity contribution < 1.29 is 22.7 Å². The molecule has 2 aromatic rings. The smallest absolute Gasteiger partial charge is 0.254 e. The van der Waals surface area contributed by atoms with Gasteiger partial charge in [-0.25, -0.2) is 8.42 Å². The molecule has 0 aromatic heterocycles. The fourth-order valence-corrected chi connectivity index (χ4v) is 4.60. The van der Waals surface area contributed by atoms with Crippen molar-refractivity contribution in [3.8, 4) is 0 Å². The molecule has 1 aliphatic rings. The number of amides is 2. The molecule has 0 radical (unpaired) electrons. The van der Waals surface area contributed by atoms with Crippen LogP contribution in [0.5, 0.6) is 0 Å². The van der Waals surface area contributed by atoms with E-state index in [4.69, 9.17) is 16.3 Å². The number of nitrogens with one attached hydrogen (secondary N) is 1. The molecule has 0 aliphatic carbocycles. The van der Waals surface area contributed by atoms with E-state index in [0.29, 0.717) is 62.0 Å². The Bertz CT molecular complexity index is 1070. The summed E-state index contributed by atoms with van der Waals surface area (Å²) >= 11 is 6.14. The molecule has 0 bridgehead atoms. The van der Waals surface area contributed by atoms with E-state index in [-0.39, 0.29) is 12.5 Å². The van der Waals surface area contributed by atoms with Gasteiger partial charge in [-0.3, -0.25) is 13.9 Å². The number of aryl methyl sites for hydroxylation is 1. The van der Waals surface area contributed by atoms with Crippen LogP contribution in [0.15, 0.2) is 48.5 Å². The van der Waals surface area contributed by atoms with Crippen molar-refractivity contribution in [2.24, 2.45) is 0 Å². The molecule has 0 spiro atoms. The van der Waals surface area contributed by atoms with Gasteiger partial charge in [0.1, 0.15) is 6.54 Å². The number of hydrogen-bond donors (Lipinski definition) is 1. The number of sulfonamides is 1. The summed E-state index contributed by atoms with van der Waals surface area (Å²) in [4.78, 5) is 26.7. The number of halogens is 1. The number of anilines is 1. The van der Waals surface area contributed by atoms with Crippen LogP contribution in [0.4, 0.5) is 5.69 Å². The predicted molar refractivity (Wildman–Crippen MR) is 128 cm³/mol. The maximum Gasteiger partial charge on any atom is 0.254 e. The van der Waals surface area contributed by atoms with Gasteiger partial charge in [-0.2, -0.15) is 0 Å². The van der Waals surface area contributed by atoms with E-state index in [1.165, 1.54) is 0 Å². The second-order valence-electron chi connectivity index (χ2n) is 7.77. The van der Waals surface area contributed by atoms with Crippen molar-refractivity contribution in [3.05, 3.63) is 64.7 Å². The molecule has 1 fully saturated rings. The molecule has 1 heterocycles. The van der Waals surface area contributed by atoms with Gasteiger partial charge in [-0.05, 0) is 48.7 Å². The lowest BCUT2D eigenvalue weighted by Gasteiger charge is -2.27. The quantitative estimate of drug-likeness (QED) is 0.541. The van der Waals surface area contributed by atoms with Crippen molar-refractivity contribution in [3.63, 3.8) is 0 Å². The zero-order valence-electron chi connectivity index (χ0n) is 18.5. The van der Waals surface area contributed by atoms with Crippen LogP contribution in [-0.2, 0) is 26.0 Å². The highest BCUT2D eigenvalue weighted by atomic mass is 35.5. The van der Waals surface area contributed by atoms with Gasteiger partial charge in [-0.1, -0.05) is 29.8 Å². The van der Waals surface area contributed by atoms with Gasteiger partial charge in [0.15, 0.2) is 0 Å². The highest BCUT2D eigenvalue weighted by Crippen LogP contribution is 2.20. The number of carbonyl (C=O) groups excluding carboxylic acids is 2. The summed E-state index contributed by atoms with van der Waals surface area (Å²) in [6.45, 7) is 2.09. The van der Waals surface area contributed by atoms with E-state index in [1.807, 2.05) is 24.3 Å². The molecule has 33 heavy (non-hydrogen) atoms. The summed E-state index contributed by atoms with van der Waals surface area (Å²) < 4.78 is 30.9. The molecule has 0 atom stereocenters. The lowest BCUT2D eigenvalue weighted by molar-refractivity contribution is -0.119. The van der Waals surface area contributed by atoms with Gasteiger partial charge in [0.05, 0.1) is 25.2 Å². The Morgan fingerprint density at radius 3 is 2.39 bits per heavy atom. The average molecular weight is 494 g/mol. The zero-order chi connectivity index (χ0) is 23.8. The van der Waals surface area contributed by atoms with Crippen LogP contribution in [-0.4, -0.2) is 70.8 Å². The maximum atomic E-state index is 12.6. The van der Waals surface area contributed by atoms with Crippen LogP contribution < -0.4 is 9.62 Å². The molecule has 10 heteroatoms. The van der Waals surface area contributed by atoms with E-state index in [9.17, 15) is 18.0 Å². The standard InChI is InChI=1S/C23H28ClN3O5S/c1-33(30,31)27(17-22(28)25-12-4-6-18-5-2-3-7-21(18)24)20-10-8-19(9-11-20)23(29)26-13-15-32-16-14-26/h2-3,5,7-11H,4,6,12-17H2,1H3,(H,25,28). The van der Waals surface area contributed by atoms with Gasteiger partial charge < -0.3 is 15.0 Å². The SMILES string of the molecule is CS(=O)(=O)N(CC(=O)NCCCc1ccccc1Cl)c1ccc(C(=O)N2CCOCC2)cc1. The van der Waals surface area contributed by atoms with Crippen LogP contribution in [0, 0.1) is 0 Å². The number of morpholine rings is 1. The summed E-state index contributed by atoms with van der Waals surface area (Å²) in [6.07, 6.45) is 2.42. The van der Waals surface area contributed by atoms with Crippen LogP contribution in [0.3, 0.4) is 0 Å². The fourth-order valence-electron chi connectivity index (χ4n) is 3.51. The van der Waals surface area contributed by atoms with Crippen LogP contribution in [0.25, 0.3) is 0 Å². The molecule has 1 N–H and O–H groups in total. The molecule has 8 nitrogen and oxygen atoms in total. The Balaban J connectivity index is 1.57. The Labute approximate surface area is 199 Å². The first-order valence-corrected chi connectivity index (χ1v) is 12.9. The minimum atomic E-state index is -3.70. The largest absolute Gasteiger partial charge is 0.378 e. The average Bonchev–Trinajstić information content (AvgIpc) is 2.81. The van der Waals surface area contributed by atoms with Crippen molar-refractivity contribution >= 4 is 39.1 Å². The minimum absolute atomic E-state index is 0.132. The second kappa shape index (κ2) is 11.5. The summed E-state index contributed by atoms with van der Waals surface area (Å²) in [5, 5.41) is 3.44. The van der Waals surface area contributed by atoms with Crippen LogP contribution >= 0.6 is 11.6 Å². The molecule has 178 valence electrons. The molecule has 0 saturated carbocycles. The summed E-state index contributed by atoms with van der Waals surface area (Å²) in [7, 11) is -3.70. The second-order valence-corrected chi connectivity index (χ2v) is 10.1. The monoisotopic (exact) mass is 493 g/mol. The van der Waals surface area contributed by atoms with Crippen molar-refractivity contribution in [2.45, 2.75) is 12.8 Å². The van der Waals surface area contributed by atoms with Crippen LogP contribution in [0.2, 0.25) is 5.02 Å². The Hall–Kier alpha value is -2.62. The van der Waals surface area contributed by atoms with Gasteiger partial charge in [-0.15, -0.1) is 0 Å². The van der Waals surface area contributed by atoms with E-state index in [1.54, 1.807) is 29.2 Å². The first kappa shape index (κ1) is 25.0. The molecule has 2 amide bonds. The third-order valence-corrected chi connectivity index (χ3v) is 6.80. The minimum Gasteiger partial charge on any atom is -0.378 e. The van der Waals surface area contributed by atoms with E-state index in [0.717, 1.165) is 16.1 Å². The topological polar surface area (TPSA) is 96.0 Å². The molecule has 3 rings (SSSR count). The Morgan fingerprint density at radius 2 is 1.76 bits per heavy atom. The number of rotatable bonds is 9. The van der Waals surface area contributed by atoms with Crippen molar-refractivity contribution in [1.29, 1.82) is 0 Å². The van der Waals surface area contributed by atoms with Gasteiger partial charge in [0.25, 0.3) is 5.91 Å². The maximum absolute atomic E-state index is 12.6. The Kier molecular flexibility index (Phi) is 8.71. The fraction of sp³-hybridized carbons (Fsp3) is 0.391. The van der Waals surface area contributed by atoms with E-state index in [2.05, 4.69) is 5.32 Å². The molecule has 2 aromatic carbocycles. The first-order chi connectivity index (χ1) is 15.8. The normalized spacial score (nSPS) is 14.1. The Morgan fingerprint density at radius 1 is 1.09 bits per heavy atom. The summed E-state index contributed by atoms with van der Waals surface area (Å²) in [5.41, 5.74) is 1.78. The number of benzene rings is 2. The number of hydrogen-bond acceptors (Lipinski definition) is 5. The lowest BCUT2D eigenvalue weighted by Crippen LogP contribution is -2.41. The number of carbonyl (C=O) groups is 2. The van der Waals surface area contributed by atoms with Gasteiger partial charge in [0.2, 0.25) is 15.9 Å². The number of nitrogens with zero attached hydrogens (tertiary/aromatic N) is 2. The van der Waals surface area contributed by atoms with E-state index < -0.39 is 15.9 Å². The summed E-state index contributed by atoms with van der Waals surface area (Å²) in [5.74, 6) is -0.542.